The van der Waals surface area contributed by atoms with Crippen LogP contribution in [0.3, 0.4) is 0 Å². The number of piperazine rings is 1. The summed E-state index contributed by atoms with van der Waals surface area (Å²) in [6.07, 6.45) is 2.94. The first kappa shape index (κ1) is 23.8. The smallest absolute Gasteiger partial charge is 0.138 e. The molecule has 1 unspecified atom stereocenters. The second kappa shape index (κ2) is 10.8. The summed E-state index contributed by atoms with van der Waals surface area (Å²) in [4.78, 5) is 13.2. The van der Waals surface area contributed by atoms with Crippen molar-refractivity contribution in [2.75, 3.05) is 46.4 Å². The number of fused-ring (bicyclic) bond motifs is 3. The number of H-pyrrole nitrogens is 1. The van der Waals surface area contributed by atoms with Crippen LogP contribution in [0.1, 0.15) is 25.5 Å². The highest BCUT2D eigenvalue weighted by molar-refractivity contribution is 6.07. The van der Waals surface area contributed by atoms with Crippen LogP contribution in [0.5, 0.6) is 5.75 Å². The average molecular weight is 472 g/mol. The summed E-state index contributed by atoms with van der Waals surface area (Å²) in [6.45, 7) is 8.40. The Morgan fingerprint density at radius 2 is 1.74 bits per heavy atom. The predicted molar refractivity (Wildman–Crippen MR) is 145 cm³/mol. The molecule has 0 amide bonds. The summed E-state index contributed by atoms with van der Waals surface area (Å²) in [5.41, 5.74) is 11.7. The zero-order valence-corrected chi connectivity index (χ0v) is 21.0. The number of nitrogens with zero attached hydrogens (tertiary/aromatic N) is 3. The van der Waals surface area contributed by atoms with E-state index in [2.05, 4.69) is 83.4 Å². The molecule has 6 nitrogen and oxygen atoms in total. The van der Waals surface area contributed by atoms with Gasteiger partial charge < -0.3 is 20.4 Å². The van der Waals surface area contributed by atoms with E-state index in [1.807, 2.05) is 0 Å². The van der Waals surface area contributed by atoms with E-state index in [9.17, 15) is 0 Å². The van der Waals surface area contributed by atoms with Crippen molar-refractivity contribution >= 4 is 21.9 Å². The molecule has 4 aromatic rings. The first-order valence-corrected chi connectivity index (χ1v) is 12.9. The number of benzene rings is 2. The molecule has 0 spiro atoms. The van der Waals surface area contributed by atoms with Crippen LogP contribution in [-0.2, 0) is 6.42 Å². The van der Waals surface area contributed by atoms with Crippen LogP contribution in [0.25, 0.3) is 33.1 Å². The van der Waals surface area contributed by atoms with Gasteiger partial charge in [-0.25, -0.2) is 4.98 Å². The van der Waals surface area contributed by atoms with E-state index in [1.165, 1.54) is 16.5 Å². The summed E-state index contributed by atoms with van der Waals surface area (Å²) in [6, 6.07) is 19.5. The van der Waals surface area contributed by atoms with Gasteiger partial charge in [0.25, 0.3) is 0 Å². The fourth-order valence-electron chi connectivity index (χ4n) is 4.96. The van der Waals surface area contributed by atoms with Gasteiger partial charge in [-0.05, 0) is 61.0 Å². The van der Waals surface area contributed by atoms with Gasteiger partial charge in [0.05, 0.1) is 0 Å². The van der Waals surface area contributed by atoms with E-state index in [1.54, 1.807) is 0 Å². The third-order valence-corrected chi connectivity index (χ3v) is 7.11. The number of pyridine rings is 1. The monoisotopic (exact) mass is 471 g/mol. The van der Waals surface area contributed by atoms with Crippen molar-refractivity contribution in [2.45, 2.75) is 32.2 Å². The van der Waals surface area contributed by atoms with Crippen molar-refractivity contribution in [3.05, 3.63) is 60.3 Å². The Kier molecular flexibility index (Phi) is 7.32. The largest absolute Gasteiger partial charge is 0.492 e. The quantitative estimate of drug-likeness (QED) is 0.371. The standard InChI is InChI=1S/C29H37N5O/c1-3-4-23(30)20-24-8-11-26-27-19-22(7-12-28(27)32-29(26)31-24)21-5-9-25(10-6-21)35-18-17-34-15-13-33(2)14-16-34/h5-12,19,23H,3-4,13-18,20,30H2,1-2H3,(H,31,32). The minimum atomic E-state index is 0.166. The number of nitrogens with two attached hydrogens (primary N) is 1. The molecular formula is C29H37N5O. The summed E-state index contributed by atoms with van der Waals surface area (Å²) in [5.74, 6) is 0.925. The number of hydrogen-bond donors (Lipinski definition) is 2. The molecule has 0 radical (unpaired) electrons. The van der Waals surface area contributed by atoms with Gasteiger partial charge in [0.15, 0.2) is 0 Å². The minimum Gasteiger partial charge on any atom is -0.492 e. The summed E-state index contributed by atoms with van der Waals surface area (Å²) < 4.78 is 6.02. The van der Waals surface area contributed by atoms with E-state index in [0.717, 1.165) is 86.6 Å². The van der Waals surface area contributed by atoms with Crippen molar-refractivity contribution < 1.29 is 4.74 Å². The second-order valence-corrected chi connectivity index (χ2v) is 9.85. The normalized spacial score (nSPS) is 16.2. The summed E-state index contributed by atoms with van der Waals surface area (Å²) >= 11 is 0. The Morgan fingerprint density at radius 3 is 2.51 bits per heavy atom. The van der Waals surface area contributed by atoms with E-state index in [-0.39, 0.29) is 6.04 Å². The van der Waals surface area contributed by atoms with Gasteiger partial charge in [0, 0.05) is 67.2 Å². The van der Waals surface area contributed by atoms with Crippen molar-refractivity contribution in [3.63, 3.8) is 0 Å². The Bertz CT molecular complexity index is 1260. The summed E-state index contributed by atoms with van der Waals surface area (Å²) in [5, 5.41) is 2.35. The van der Waals surface area contributed by atoms with Crippen LogP contribution in [0.4, 0.5) is 0 Å². The van der Waals surface area contributed by atoms with Gasteiger partial charge in [-0.1, -0.05) is 31.5 Å². The van der Waals surface area contributed by atoms with Crippen LogP contribution in [0.2, 0.25) is 0 Å². The maximum atomic E-state index is 6.23. The van der Waals surface area contributed by atoms with Crippen molar-refractivity contribution in [1.29, 1.82) is 0 Å². The Hall–Kier alpha value is -2.93. The molecule has 0 saturated carbocycles. The molecule has 1 aliphatic heterocycles. The average Bonchev–Trinajstić information content (AvgIpc) is 3.23. The molecular weight excluding hydrogens is 434 g/mol. The number of hydrogen-bond acceptors (Lipinski definition) is 5. The SMILES string of the molecule is CCCC(N)Cc1ccc2c(n1)[nH]c1ccc(-c3ccc(OCCN4CCN(C)CC4)cc3)cc12. The maximum Gasteiger partial charge on any atom is 0.138 e. The van der Waals surface area contributed by atoms with Gasteiger partial charge in [-0.3, -0.25) is 4.90 Å². The van der Waals surface area contributed by atoms with E-state index >= 15 is 0 Å². The number of ether oxygens (including phenoxy) is 1. The van der Waals surface area contributed by atoms with Crippen molar-refractivity contribution in [1.82, 2.24) is 19.8 Å². The second-order valence-electron chi connectivity index (χ2n) is 9.85. The van der Waals surface area contributed by atoms with Crippen LogP contribution < -0.4 is 10.5 Å². The number of nitrogens with one attached hydrogen (secondary N) is 1. The zero-order valence-electron chi connectivity index (χ0n) is 21.0. The molecule has 1 saturated heterocycles. The highest BCUT2D eigenvalue weighted by atomic mass is 16.5. The van der Waals surface area contributed by atoms with Crippen molar-refractivity contribution in [2.24, 2.45) is 5.73 Å². The molecule has 2 aromatic carbocycles. The van der Waals surface area contributed by atoms with E-state index in [4.69, 9.17) is 15.5 Å². The van der Waals surface area contributed by atoms with Gasteiger partial charge in [-0.15, -0.1) is 0 Å². The van der Waals surface area contributed by atoms with Crippen LogP contribution in [0.15, 0.2) is 54.6 Å². The maximum absolute atomic E-state index is 6.23. The lowest BCUT2D eigenvalue weighted by molar-refractivity contribution is 0.134. The van der Waals surface area contributed by atoms with Gasteiger partial charge in [0.1, 0.15) is 18.0 Å². The third kappa shape index (κ3) is 5.67. The first-order valence-electron chi connectivity index (χ1n) is 12.9. The van der Waals surface area contributed by atoms with Gasteiger partial charge in [0.2, 0.25) is 0 Å². The van der Waals surface area contributed by atoms with Crippen LogP contribution in [0, 0.1) is 0 Å². The number of rotatable bonds is 9. The Morgan fingerprint density at radius 1 is 0.971 bits per heavy atom. The Labute approximate surface area is 208 Å². The van der Waals surface area contributed by atoms with Crippen LogP contribution in [-0.4, -0.2) is 72.2 Å². The lowest BCUT2D eigenvalue weighted by Crippen LogP contribution is -2.45. The molecule has 184 valence electrons. The number of aromatic nitrogens is 2. The van der Waals surface area contributed by atoms with Gasteiger partial charge in [-0.2, -0.15) is 0 Å². The number of aromatic amines is 1. The van der Waals surface area contributed by atoms with Gasteiger partial charge >= 0.3 is 0 Å². The number of likely N-dealkylation sites (N-methyl/N-ethyl adjacent to an activating group) is 1. The summed E-state index contributed by atoms with van der Waals surface area (Å²) in [7, 11) is 2.18. The molecule has 3 N–H and O–H groups in total. The molecule has 1 atom stereocenters. The van der Waals surface area contributed by atoms with Crippen LogP contribution >= 0.6 is 0 Å². The fraction of sp³-hybridized carbons (Fsp3) is 0.414. The third-order valence-electron chi connectivity index (χ3n) is 7.11. The molecule has 0 bridgehead atoms. The molecule has 35 heavy (non-hydrogen) atoms. The molecule has 2 aromatic heterocycles. The highest BCUT2D eigenvalue weighted by Gasteiger charge is 2.13. The van der Waals surface area contributed by atoms with E-state index < -0.39 is 0 Å². The fourth-order valence-corrected chi connectivity index (χ4v) is 4.96. The van der Waals surface area contributed by atoms with Crippen molar-refractivity contribution in [3.8, 4) is 16.9 Å². The Balaban J connectivity index is 1.26. The molecule has 6 heteroatoms. The predicted octanol–water partition coefficient (Wildman–Crippen LogP) is 4.68. The van der Waals surface area contributed by atoms with E-state index in [0.29, 0.717) is 0 Å². The molecule has 3 heterocycles. The molecule has 5 rings (SSSR count). The minimum absolute atomic E-state index is 0.166. The molecule has 1 aliphatic rings. The lowest BCUT2D eigenvalue weighted by Gasteiger charge is -2.32. The topological polar surface area (TPSA) is 70.4 Å². The first-order chi connectivity index (χ1) is 17.1. The molecule has 1 fully saturated rings. The highest BCUT2D eigenvalue weighted by Crippen LogP contribution is 2.30. The lowest BCUT2D eigenvalue weighted by atomic mass is 10.0. The molecule has 0 aliphatic carbocycles. The zero-order chi connectivity index (χ0) is 24.2.